The summed E-state index contributed by atoms with van der Waals surface area (Å²) in [6.07, 6.45) is 3.30. The van der Waals surface area contributed by atoms with Gasteiger partial charge in [-0.15, -0.1) is 0 Å². The molecular formula is C21H19N3O5. The first-order chi connectivity index (χ1) is 14.1. The summed E-state index contributed by atoms with van der Waals surface area (Å²) >= 11 is 0. The zero-order valence-electron chi connectivity index (χ0n) is 15.6. The molecule has 1 aromatic heterocycles. The van der Waals surface area contributed by atoms with E-state index in [1.165, 1.54) is 25.5 Å². The Balaban J connectivity index is 1.59. The molecule has 0 aliphatic rings. The van der Waals surface area contributed by atoms with Gasteiger partial charge in [-0.25, -0.2) is 10.2 Å². The molecule has 0 aliphatic carbocycles. The van der Waals surface area contributed by atoms with E-state index in [0.717, 1.165) is 5.69 Å². The number of para-hydroxylation sites is 2. The molecule has 2 aromatic carbocycles. The summed E-state index contributed by atoms with van der Waals surface area (Å²) in [4.78, 5) is 22.9. The fourth-order valence-electron chi connectivity index (χ4n) is 2.58. The van der Waals surface area contributed by atoms with Gasteiger partial charge >= 0.3 is 5.97 Å². The van der Waals surface area contributed by atoms with Crippen LogP contribution in [0.4, 0.5) is 0 Å². The van der Waals surface area contributed by atoms with E-state index >= 15 is 0 Å². The Morgan fingerprint density at radius 2 is 1.79 bits per heavy atom. The lowest BCUT2D eigenvalue weighted by Crippen LogP contribution is -2.24. The number of carbonyl (C=O) groups is 2. The standard InChI is InChI=1S/C21H19N3O5/c1-28-18-6-2-3-7-19(18)29-14-20(25)23-22-13-17-5-4-12-24(17)16-10-8-15(9-11-16)21(26)27/h2-13H,14H2,1H3,(H,23,25)(H,26,27)/b22-13+. The second kappa shape index (κ2) is 9.23. The molecule has 3 aromatic rings. The molecule has 0 spiro atoms. The molecule has 2 N–H and O–H groups in total. The van der Waals surface area contributed by atoms with Crippen LogP contribution in [-0.4, -0.2) is 41.5 Å². The fraction of sp³-hybridized carbons (Fsp3) is 0.0952. The minimum absolute atomic E-state index is 0.207. The van der Waals surface area contributed by atoms with E-state index in [0.29, 0.717) is 17.2 Å². The van der Waals surface area contributed by atoms with Gasteiger partial charge in [0.05, 0.1) is 24.6 Å². The van der Waals surface area contributed by atoms with Crippen molar-refractivity contribution in [2.45, 2.75) is 0 Å². The molecular weight excluding hydrogens is 374 g/mol. The molecule has 0 fully saturated rings. The number of hydrogen-bond acceptors (Lipinski definition) is 5. The van der Waals surface area contributed by atoms with E-state index < -0.39 is 11.9 Å². The Hall–Kier alpha value is -4.07. The average molecular weight is 393 g/mol. The number of benzene rings is 2. The van der Waals surface area contributed by atoms with Gasteiger partial charge in [-0.3, -0.25) is 4.79 Å². The van der Waals surface area contributed by atoms with Crippen LogP contribution in [0, 0.1) is 0 Å². The maximum absolute atomic E-state index is 11.9. The van der Waals surface area contributed by atoms with Crippen LogP contribution in [0.15, 0.2) is 72.0 Å². The molecule has 0 saturated carbocycles. The molecule has 8 heteroatoms. The van der Waals surface area contributed by atoms with Gasteiger partial charge in [0.15, 0.2) is 18.1 Å². The van der Waals surface area contributed by atoms with Crippen LogP contribution in [0.1, 0.15) is 16.1 Å². The number of carboxylic acids is 1. The fourth-order valence-corrected chi connectivity index (χ4v) is 2.58. The molecule has 0 radical (unpaired) electrons. The Bertz CT molecular complexity index is 1020. The van der Waals surface area contributed by atoms with E-state index in [-0.39, 0.29) is 12.2 Å². The number of carboxylic acid groups (broad SMARTS) is 1. The second-order valence-corrected chi connectivity index (χ2v) is 5.89. The highest BCUT2D eigenvalue weighted by atomic mass is 16.5. The molecule has 0 saturated heterocycles. The van der Waals surface area contributed by atoms with Crippen LogP contribution < -0.4 is 14.9 Å². The largest absolute Gasteiger partial charge is 0.493 e. The first-order valence-electron chi connectivity index (χ1n) is 8.67. The van der Waals surface area contributed by atoms with Crippen LogP contribution in [0.25, 0.3) is 5.69 Å². The third-order valence-electron chi connectivity index (χ3n) is 3.99. The lowest BCUT2D eigenvalue weighted by atomic mass is 10.2. The van der Waals surface area contributed by atoms with Gasteiger partial charge in [0.1, 0.15) is 0 Å². The number of nitrogens with one attached hydrogen (secondary N) is 1. The van der Waals surface area contributed by atoms with Crippen LogP contribution in [0.2, 0.25) is 0 Å². The zero-order valence-corrected chi connectivity index (χ0v) is 15.6. The van der Waals surface area contributed by atoms with Gasteiger partial charge in [-0.05, 0) is 48.5 Å². The highest BCUT2D eigenvalue weighted by Crippen LogP contribution is 2.25. The number of hydrazone groups is 1. The maximum atomic E-state index is 11.9. The number of nitrogens with zero attached hydrogens (tertiary/aromatic N) is 2. The van der Waals surface area contributed by atoms with Gasteiger partial charge in [-0.2, -0.15) is 5.10 Å². The van der Waals surface area contributed by atoms with Crippen molar-refractivity contribution < 1.29 is 24.2 Å². The first-order valence-corrected chi connectivity index (χ1v) is 8.67. The SMILES string of the molecule is COc1ccccc1OCC(=O)N/N=C/c1cccn1-c1ccc(C(=O)O)cc1. The normalized spacial score (nSPS) is 10.7. The molecule has 8 nitrogen and oxygen atoms in total. The lowest BCUT2D eigenvalue weighted by Gasteiger charge is -2.09. The van der Waals surface area contributed by atoms with Crippen molar-refractivity contribution in [3.05, 3.63) is 78.1 Å². The highest BCUT2D eigenvalue weighted by Gasteiger charge is 2.07. The Morgan fingerprint density at radius 3 is 2.48 bits per heavy atom. The van der Waals surface area contributed by atoms with Crippen LogP contribution >= 0.6 is 0 Å². The summed E-state index contributed by atoms with van der Waals surface area (Å²) in [5.74, 6) is -0.400. The third-order valence-corrected chi connectivity index (χ3v) is 3.99. The Morgan fingerprint density at radius 1 is 1.07 bits per heavy atom. The van der Waals surface area contributed by atoms with Crippen molar-refractivity contribution in [2.24, 2.45) is 5.10 Å². The molecule has 29 heavy (non-hydrogen) atoms. The summed E-state index contributed by atoms with van der Waals surface area (Å²) < 4.78 is 12.4. The minimum Gasteiger partial charge on any atom is -0.493 e. The number of carbonyl (C=O) groups excluding carboxylic acids is 1. The Kier molecular flexibility index (Phi) is 6.26. The van der Waals surface area contributed by atoms with E-state index in [2.05, 4.69) is 10.5 Å². The van der Waals surface area contributed by atoms with Crippen molar-refractivity contribution in [1.29, 1.82) is 0 Å². The highest BCUT2D eigenvalue weighted by molar-refractivity contribution is 5.88. The zero-order chi connectivity index (χ0) is 20.6. The number of rotatable bonds is 8. The quantitative estimate of drug-likeness (QED) is 0.453. The van der Waals surface area contributed by atoms with Crippen molar-refractivity contribution >= 4 is 18.1 Å². The topological polar surface area (TPSA) is 102 Å². The van der Waals surface area contributed by atoms with E-state index in [4.69, 9.17) is 14.6 Å². The third kappa shape index (κ3) is 5.01. The summed E-state index contributed by atoms with van der Waals surface area (Å²) in [6.45, 7) is -0.213. The summed E-state index contributed by atoms with van der Waals surface area (Å²) in [5, 5.41) is 12.9. The molecule has 0 aliphatic heterocycles. The van der Waals surface area contributed by atoms with Gasteiger partial charge in [0, 0.05) is 11.9 Å². The number of aromatic carboxylic acids is 1. The van der Waals surface area contributed by atoms with Crippen LogP contribution in [0.3, 0.4) is 0 Å². The summed E-state index contributed by atoms with van der Waals surface area (Å²) in [5.41, 5.74) is 4.09. The lowest BCUT2D eigenvalue weighted by molar-refractivity contribution is -0.123. The number of aromatic nitrogens is 1. The number of methoxy groups -OCH3 is 1. The van der Waals surface area contributed by atoms with Crippen LogP contribution in [0.5, 0.6) is 11.5 Å². The molecule has 3 rings (SSSR count). The van der Waals surface area contributed by atoms with Gasteiger partial charge in [0.2, 0.25) is 0 Å². The van der Waals surface area contributed by atoms with Crippen molar-refractivity contribution in [2.75, 3.05) is 13.7 Å². The van der Waals surface area contributed by atoms with E-state index in [1.807, 2.05) is 22.9 Å². The van der Waals surface area contributed by atoms with E-state index in [9.17, 15) is 9.59 Å². The first kappa shape index (κ1) is 19.7. The van der Waals surface area contributed by atoms with Gasteiger partial charge in [-0.1, -0.05) is 12.1 Å². The molecule has 0 bridgehead atoms. The maximum Gasteiger partial charge on any atom is 0.335 e. The monoisotopic (exact) mass is 393 g/mol. The average Bonchev–Trinajstić information content (AvgIpc) is 3.21. The summed E-state index contributed by atoms with van der Waals surface area (Å²) in [6, 6.07) is 17.1. The Labute approximate surface area is 167 Å². The number of ether oxygens (including phenoxy) is 2. The predicted octanol–water partition coefficient (Wildman–Crippen LogP) is 2.71. The van der Waals surface area contributed by atoms with Gasteiger partial charge < -0.3 is 19.1 Å². The van der Waals surface area contributed by atoms with Crippen molar-refractivity contribution in [3.63, 3.8) is 0 Å². The molecule has 1 amide bonds. The molecule has 148 valence electrons. The van der Waals surface area contributed by atoms with Crippen LogP contribution in [-0.2, 0) is 4.79 Å². The number of hydrogen-bond donors (Lipinski definition) is 2. The minimum atomic E-state index is -0.983. The molecule has 0 atom stereocenters. The summed E-state index contributed by atoms with van der Waals surface area (Å²) in [7, 11) is 1.52. The molecule has 1 heterocycles. The van der Waals surface area contributed by atoms with Crippen molar-refractivity contribution in [3.8, 4) is 17.2 Å². The predicted molar refractivity (Wildman–Crippen MR) is 107 cm³/mol. The molecule has 0 unspecified atom stereocenters. The van der Waals surface area contributed by atoms with Crippen molar-refractivity contribution in [1.82, 2.24) is 9.99 Å². The second-order valence-electron chi connectivity index (χ2n) is 5.89. The smallest absolute Gasteiger partial charge is 0.335 e. The van der Waals surface area contributed by atoms with E-state index in [1.54, 1.807) is 36.4 Å². The number of amides is 1. The van der Waals surface area contributed by atoms with Gasteiger partial charge in [0.25, 0.3) is 5.91 Å².